The summed E-state index contributed by atoms with van der Waals surface area (Å²) in [7, 11) is -0.443. The smallest absolute Gasteiger partial charge is 0.282 e. The topological polar surface area (TPSA) is 118 Å². The standard InChI is InChI=1S/C7H13N5O3S2/c1-12(2)17(14,15)4-3-9-5(13)6-10-11-7(8)16-6/h3-4H2,1-2H3,(H2,8,11)(H,9,13). The number of carbonyl (C=O) groups is 1. The number of hydrogen-bond donors (Lipinski definition) is 2. The van der Waals surface area contributed by atoms with Crippen molar-refractivity contribution in [1.29, 1.82) is 0 Å². The molecule has 1 amide bonds. The zero-order valence-electron chi connectivity index (χ0n) is 9.37. The van der Waals surface area contributed by atoms with Gasteiger partial charge in [0.2, 0.25) is 20.2 Å². The molecule has 0 bridgehead atoms. The predicted molar refractivity (Wildman–Crippen MR) is 64.1 cm³/mol. The van der Waals surface area contributed by atoms with Crippen LogP contribution in [0.3, 0.4) is 0 Å². The fraction of sp³-hybridized carbons (Fsp3) is 0.571. The van der Waals surface area contributed by atoms with E-state index in [1.54, 1.807) is 0 Å². The van der Waals surface area contributed by atoms with Crippen LogP contribution in [-0.2, 0) is 10.0 Å². The molecule has 17 heavy (non-hydrogen) atoms. The van der Waals surface area contributed by atoms with Gasteiger partial charge in [0.25, 0.3) is 5.91 Å². The molecule has 0 fully saturated rings. The van der Waals surface area contributed by atoms with E-state index >= 15 is 0 Å². The van der Waals surface area contributed by atoms with Crippen molar-refractivity contribution in [3.63, 3.8) is 0 Å². The summed E-state index contributed by atoms with van der Waals surface area (Å²) in [6, 6.07) is 0. The summed E-state index contributed by atoms with van der Waals surface area (Å²) in [5.41, 5.74) is 5.32. The monoisotopic (exact) mass is 279 g/mol. The Morgan fingerprint density at radius 3 is 2.59 bits per heavy atom. The average Bonchev–Trinajstić information content (AvgIpc) is 2.64. The molecule has 96 valence electrons. The molecule has 8 nitrogen and oxygen atoms in total. The average molecular weight is 279 g/mol. The summed E-state index contributed by atoms with van der Waals surface area (Å²) < 4.78 is 23.9. The van der Waals surface area contributed by atoms with Crippen LogP contribution in [0, 0.1) is 0 Å². The van der Waals surface area contributed by atoms with Crippen LogP contribution in [0.1, 0.15) is 9.80 Å². The van der Waals surface area contributed by atoms with E-state index in [1.165, 1.54) is 14.1 Å². The van der Waals surface area contributed by atoms with Crippen LogP contribution >= 0.6 is 11.3 Å². The summed E-state index contributed by atoms with van der Waals surface area (Å²) in [5, 5.41) is 9.76. The van der Waals surface area contributed by atoms with E-state index in [4.69, 9.17) is 5.73 Å². The first-order chi connectivity index (χ1) is 7.83. The number of amides is 1. The number of rotatable bonds is 5. The molecule has 0 aliphatic rings. The zero-order chi connectivity index (χ0) is 13.1. The van der Waals surface area contributed by atoms with Crippen molar-refractivity contribution in [3.8, 4) is 0 Å². The number of aromatic nitrogens is 2. The van der Waals surface area contributed by atoms with E-state index in [2.05, 4.69) is 15.5 Å². The summed E-state index contributed by atoms with van der Waals surface area (Å²) in [5.74, 6) is -0.645. The minimum atomic E-state index is -3.31. The summed E-state index contributed by atoms with van der Waals surface area (Å²) in [4.78, 5) is 11.4. The Morgan fingerprint density at radius 1 is 1.47 bits per heavy atom. The van der Waals surface area contributed by atoms with Crippen LogP contribution in [0.15, 0.2) is 0 Å². The number of nitrogens with zero attached hydrogens (tertiary/aromatic N) is 3. The van der Waals surface area contributed by atoms with E-state index in [0.717, 1.165) is 15.6 Å². The molecule has 0 unspecified atom stereocenters. The molecule has 1 rings (SSSR count). The van der Waals surface area contributed by atoms with Gasteiger partial charge in [-0.15, -0.1) is 10.2 Å². The summed E-state index contributed by atoms with van der Waals surface area (Å²) in [6.07, 6.45) is 0. The van der Waals surface area contributed by atoms with Gasteiger partial charge in [0.15, 0.2) is 0 Å². The summed E-state index contributed by atoms with van der Waals surface area (Å²) >= 11 is 0.944. The molecule has 1 aromatic rings. The van der Waals surface area contributed by atoms with Gasteiger partial charge in [-0.25, -0.2) is 12.7 Å². The molecule has 0 radical (unpaired) electrons. The Kier molecular flexibility index (Phi) is 4.37. The molecule has 1 aromatic heterocycles. The van der Waals surface area contributed by atoms with Gasteiger partial charge in [-0.05, 0) is 0 Å². The molecule has 10 heteroatoms. The van der Waals surface area contributed by atoms with Crippen LogP contribution in [0.2, 0.25) is 0 Å². The zero-order valence-corrected chi connectivity index (χ0v) is 11.0. The minimum absolute atomic E-state index is 0.0127. The molecule has 0 saturated carbocycles. The van der Waals surface area contributed by atoms with Gasteiger partial charge in [0, 0.05) is 20.6 Å². The third-order valence-corrected chi connectivity index (χ3v) is 4.42. The molecular weight excluding hydrogens is 266 g/mol. The third kappa shape index (κ3) is 3.91. The van der Waals surface area contributed by atoms with Gasteiger partial charge in [0.1, 0.15) is 0 Å². The number of nitrogens with two attached hydrogens (primary N) is 1. The quantitative estimate of drug-likeness (QED) is 0.694. The molecule has 0 spiro atoms. The van der Waals surface area contributed by atoms with Crippen LogP contribution < -0.4 is 11.1 Å². The number of nitrogens with one attached hydrogen (secondary N) is 1. The van der Waals surface area contributed by atoms with Crippen LogP contribution in [0.5, 0.6) is 0 Å². The first-order valence-corrected chi connectivity index (χ1v) is 7.03. The van der Waals surface area contributed by atoms with Crippen LogP contribution in [0.25, 0.3) is 0 Å². The number of anilines is 1. The van der Waals surface area contributed by atoms with Gasteiger partial charge in [-0.3, -0.25) is 4.79 Å². The van der Waals surface area contributed by atoms with Gasteiger partial charge in [0.05, 0.1) is 5.75 Å². The third-order valence-electron chi connectivity index (χ3n) is 1.84. The Balaban J connectivity index is 2.45. The SMILES string of the molecule is CN(C)S(=O)(=O)CCNC(=O)c1nnc(N)s1. The van der Waals surface area contributed by atoms with Crippen molar-refractivity contribution in [2.24, 2.45) is 0 Å². The highest BCUT2D eigenvalue weighted by Gasteiger charge is 2.15. The Labute approximate surface area is 103 Å². The van der Waals surface area contributed by atoms with E-state index in [1.807, 2.05) is 0 Å². The maximum atomic E-state index is 11.4. The predicted octanol–water partition coefficient (Wildman–Crippen LogP) is -1.26. The summed E-state index contributed by atoms with van der Waals surface area (Å²) in [6.45, 7) is 0.0127. The van der Waals surface area contributed by atoms with Gasteiger partial charge in [-0.1, -0.05) is 11.3 Å². The molecule has 0 saturated heterocycles. The molecule has 0 aliphatic carbocycles. The minimum Gasteiger partial charge on any atom is -0.374 e. The first kappa shape index (κ1) is 13.8. The maximum Gasteiger partial charge on any atom is 0.282 e. The fourth-order valence-corrected chi connectivity index (χ4v) is 2.13. The lowest BCUT2D eigenvalue weighted by Gasteiger charge is -2.10. The second-order valence-corrected chi connectivity index (χ2v) is 6.61. The van der Waals surface area contributed by atoms with E-state index in [0.29, 0.717) is 0 Å². The molecular formula is C7H13N5O3S2. The lowest BCUT2D eigenvalue weighted by molar-refractivity contribution is 0.0955. The van der Waals surface area contributed by atoms with Gasteiger partial charge < -0.3 is 11.1 Å². The highest BCUT2D eigenvalue weighted by molar-refractivity contribution is 7.89. The van der Waals surface area contributed by atoms with Crippen molar-refractivity contribution in [2.45, 2.75) is 0 Å². The lowest BCUT2D eigenvalue weighted by Crippen LogP contribution is -2.33. The maximum absolute atomic E-state index is 11.4. The Morgan fingerprint density at radius 2 is 2.12 bits per heavy atom. The number of sulfonamides is 1. The van der Waals surface area contributed by atoms with E-state index < -0.39 is 15.9 Å². The largest absolute Gasteiger partial charge is 0.374 e. The molecule has 3 N–H and O–H groups in total. The van der Waals surface area contributed by atoms with E-state index in [-0.39, 0.29) is 22.4 Å². The molecule has 1 heterocycles. The highest BCUT2D eigenvalue weighted by Crippen LogP contribution is 2.10. The van der Waals surface area contributed by atoms with E-state index in [9.17, 15) is 13.2 Å². The Bertz CT molecular complexity index is 495. The second kappa shape index (κ2) is 5.38. The molecule has 0 aromatic carbocycles. The highest BCUT2D eigenvalue weighted by atomic mass is 32.2. The lowest BCUT2D eigenvalue weighted by atomic mass is 10.6. The van der Waals surface area contributed by atoms with Crippen molar-refractivity contribution in [3.05, 3.63) is 5.01 Å². The number of hydrogen-bond acceptors (Lipinski definition) is 7. The normalized spacial score (nSPS) is 11.7. The van der Waals surface area contributed by atoms with Crippen molar-refractivity contribution < 1.29 is 13.2 Å². The van der Waals surface area contributed by atoms with Crippen molar-refractivity contribution in [1.82, 2.24) is 19.8 Å². The van der Waals surface area contributed by atoms with Crippen LogP contribution in [-0.4, -0.2) is 55.2 Å². The second-order valence-electron chi connectivity index (χ2n) is 3.30. The van der Waals surface area contributed by atoms with Crippen LogP contribution in [0.4, 0.5) is 5.13 Å². The fourth-order valence-electron chi connectivity index (χ4n) is 0.878. The van der Waals surface area contributed by atoms with Gasteiger partial charge >= 0.3 is 0 Å². The molecule has 0 atom stereocenters. The van der Waals surface area contributed by atoms with Crippen molar-refractivity contribution >= 4 is 32.4 Å². The first-order valence-electron chi connectivity index (χ1n) is 4.60. The number of carbonyl (C=O) groups excluding carboxylic acids is 1. The Hall–Kier alpha value is -1.26. The number of nitrogen functional groups attached to an aromatic ring is 1. The molecule has 0 aliphatic heterocycles. The van der Waals surface area contributed by atoms with Crippen molar-refractivity contribution in [2.75, 3.05) is 32.1 Å². The van der Waals surface area contributed by atoms with Gasteiger partial charge in [-0.2, -0.15) is 0 Å².